The molecule has 0 bridgehead atoms. The number of hydrogen-bond acceptors (Lipinski definition) is 4. The number of likely N-dealkylation sites (tertiary alicyclic amines) is 1. The normalized spacial score (nSPS) is 28.5. The molecule has 3 fully saturated rings. The molecule has 26 heavy (non-hydrogen) atoms. The molecule has 0 unspecified atom stereocenters. The summed E-state index contributed by atoms with van der Waals surface area (Å²) in [5.41, 5.74) is 2.31. The minimum Gasteiger partial charge on any atom is -0.447 e. The Morgan fingerprint density at radius 3 is 2.38 bits per heavy atom. The van der Waals surface area contributed by atoms with Crippen LogP contribution < -0.4 is 10.2 Å². The van der Waals surface area contributed by atoms with Crippen LogP contribution in [-0.4, -0.2) is 56.2 Å². The fraction of sp³-hybridized carbons (Fsp3) is 0.600. The maximum Gasteiger partial charge on any atom is 0.407 e. The highest BCUT2D eigenvalue weighted by atomic mass is 16.6. The SMILES string of the molecule is CN(C)c1ccc(C2CCN(C(=O)C3CC4(COC(=O)N4)C3)CC2)cc1. The Balaban J connectivity index is 1.28. The number of ether oxygens (including phenoxy) is 1. The quantitative estimate of drug-likeness (QED) is 0.902. The van der Waals surface area contributed by atoms with Crippen LogP contribution in [0.2, 0.25) is 0 Å². The van der Waals surface area contributed by atoms with Crippen molar-refractivity contribution in [1.82, 2.24) is 10.2 Å². The van der Waals surface area contributed by atoms with Crippen molar-refractivity contribution in [2.45, 2.75) is 37.1 Å². The molecule has 2 saturated heterocycles. The van der Waals surface area contributed by atoms with Gasteiger partial charge in [0.1, 0.15) is 6.61 Å². The average molecular weight is 357 g/mol. The molecule has 2 aliphatic heterocycles. The number of carbonyl (C=O) groups excluding carboxylic acids is 2. The standard InChI is InChI=1S/C20H27N3O3/c1-22(2)17-5-3-14(4-6-17)15-7-9-23(10-8-15)18(24)16-11-20(12-16)13-26-19(25)21-20/h3-6,15-16H,7-13H2,1-2H3,(H,21,25). The van der Waals surface area contributed by atoms with Crippen LogP contribution in [0.1, 0.15) is 37.2 Å². The lowest BCUT2D eigenvalue weighted by atomic mass is 9.68. The van der Waals surface area contributed by atoms with Crippen molar-refractivity contribution < 1.29 is 14.3 Å². The Kier molecular flexibility index (Phi) is 4.29. The van der Waals surface area contributed by atoms with Gasteiger partial charge in [0, 0.05) is 38.8 Å². The number of piperidine rings is 1. The Morgan fingerprint density at radius 2 is 1.85 bits per heavy atom. The molecule has 3 aliphatic rings. The summed E-state index contributed by atoms with van der Waals surface area (Å²) in [7, 11) is 4.10. The van der Waals surface area contributed by atoms with Crippen LogP contribution >= 0.6 is 0 Å². The van der Waals surface area contributed by atoms with Gasteiger partial charge in [-0.1, -0.05) is 12.1 Å². The van der Waals surface area contributed by atoms with Crippen LogP contribution in [0.25, 0.3) is 0 Å². The molecular formula is C20H27N3O3. The summed E-state index contributed by atoms with van der Waals surface area (Å²) in [4.78, 5) is 28.1. The van der Waals surface area contributed by atoms with Crippen LogP contribution in [0.15, 0.2) is 24.3 Å². The van der Waals surface area contributed by atoms with E-state index in [1.54, 1.807) is 0 Å². The second kappa shape index (κ2) is 6.49. The second-order valence-electron chi connectivity index (χ2n) is 8.17. The molecule has 1 N–H and O–H groups in total. The Bertz CT molecular complexity index is 687. The van der Waals surface area contributed by atoms with Crippen LogP contribution in [0.3, 0.4) is 0 Å². The zero-order valence-electron chi connectivity index (χ0n) is 15.5. The molecule has 6 nitrogen and oxygen atoms in total. The Hall–Kier alpha value is -2.24. The summed E-state index contributed by atoms with van der Waals surface area (Å²) < 4.78 is 4.99. The van der Waals surface area contributed by atoms with Crippen molar-refractivity contribution in [3.8, 4) is 0 Å². The van der Waals surface area contributed by atoms with Gasteiger partial charge in [-0.05, 0) is 49.3 Å². The number of nitrogens with one attached hydrogen (secondary N) is 1. The first-order chi connectivity index (χ1) is 12.5. The van der Waals surface area contributed by atoms with Gasteiger partial charge in [-0.2, -0.15) is 0 Å². The summed E-state index contributed by atoms with van der Waals surface area (Å²) >= 11 is 0. The fourth-order valence-electron chi connectivity index (χ4n) is 4.51. The van der Waals surface area contributed by atoms with Gasteiger partial charge < -0.3 is 19.9 Å². The second-order valence-corrected chi connectivity index (χ2v) is 8.17. The predicted octanol–water partition coefficient (Wildman–Crippen LogP) is 2.35. The largest absolute Gasteiger partial charge is 0.447 e. The summed E-state index contributed by atoms with van der Waals surface area (Å²) in [6.07, 6.45) is 3.11. The average Bonchev–Trinajstić information content (AvgIpc) is 3.02. The number of hydrogen-bond donors (Lipinski definition) is 1. The Morgan fingerprint density at radius 1 is 1.19 bits per heavy atom. The molecule has 0 aromatic heterocycles. The van der Waals surface area contributed by atoms with Gasteiger partial charge in [-0.3, -0.25) is 4.79 Å². The third-order valence-electron chi connectivity index (χ3n) is 6.16. The van der Waals surface area contributed by atoms with Crippen molar-refractivity contribution in [3.63, 3.8) is 0 Å². The van der Waals surface area contributed by atoms with Crippen LogP contribution in [0.5, 0.6) is 0 Å². The topological polar surface area (TPSA) is 61.9 Å². The van der Waals surface area contributed by atoms with Gasteiger partial charge in [0.15, 0.2) is 0 Å². The molecule has 0 atom stereocenters. The smallest absolute Gasteiger partial charge is 0.407 e. The lowest BCUT2D eigenvalue weighted by Gasteiger charge is -2.45. The van der Waals surface area contributed by atoms with E-state index < -0.39 is 0 Å². The number of alkyl carbamates (subject to hydrolysis) is 1. The zero-order chi connectivity index (χ0) is 18.3. The number of cyclic esters (lactones) is 1. The molecule has 1 aromatic rings. The molecule has 4 rings (SSSR count). The first-order valence-corrected chi connectivity index (χ1v) is 9.47. The zero-order valence-corrected chi connectivity index (χ0v) is 15.5. The van der Waals surface area contributed by atoms with Crippen molar-refractivity contribution in [2.24, 2.45) is 5.92 Å². The number of nitrogens with zero attached hydrogens (tertiary/aromatic N) is 2. The molecular weight excluding hydrogens is 330 g/mol. The van der Waals surface area contributed by atoms with E-state index in [2.05, 4.69) is 34.5 Å². The van der Waals surface area contributed by atoms with Gasteiger partial charge in [-0.15, -0.1) is 0 Å². The van der Waals surface area contributed by atoms with E-state index in [1.165, 1.54) is 11.3 Å². The number of rotatable bonds is 3. The fourth-order valence-corrected chi connectivity index (χ4v) is 4.51. The van der Waals surface area contributed by atoms with Crippen LogP contribution in [-0.2, 0) is 9.53 Å². The first kappa shape index (κ1) is 17.2. The molecule has 0 radical (unpaired) electrons. The minimum atomic E-state index is -0.350. The van der Waals surface area contributed by atoms with E-state index in [9.17, 15) is 9.59 Å². The predicted molar refractivity (Wildman–Crippen MR) is 99.3 cm³/mol. The highest BCUT2D eigenvalue weighted by Crippen LogP contribution is 2.42. The maximum absolute atomic E-state index is 12.7. The van der Waals surface area contributed by atoms with E-state index in [-0.39, 0.29) is 23.5 Å². The lowest BCUT2D eigenvalue weighted by molar-refractivity contribution is -0.142. The van der Waals surface area contributed by atoms with Crippen molar-refractivity contribution >= 4 is 17.7 Å². The van der Waals surface area contributed by atoms with Gasteiger partial charge in [0.2, 0.25) is 5.91 Å². The molecule has 1 aromatic carbocycles. The van der Waals surface area contributed by atoms with E-state index in [1.807, 2.05) is 19.0 Å². The highest BCUT2D eigenvalue weighted by molar-refractivity contribution is 5.81. The van der Waals surface area contributed by atoms with Crippen molar-refractivity contribution in [1.29, 1.82) is 0 Å². The van der Waals surface area contributed by atoms with Crippen LogP contribution in [0.4, 0.5) is 10.5 Å². The third-order valence-corrected chi connectivity index (χ3v) is 6.16. The Labute approximate surface area is 154 Å². The molecule has 140 valence electrons. The number of carbonyl (C=O) groups is 2. The monoisotopic (exact) mass is 357 g/mol. The van der Waals surface area contributed by atoms with E-state index in [0.717, 1.165) is 25.9 Å². The molecule has 1 spiro atoms. The van der Waals surface area contributed by atoms with Gasteiger partial charge in [-0.25, -0.2) is 4.79 Å². The molecule has 6 heteroatoms. The summed E-state index contributed by atoms with van der Waals surface area (Å²) in [5.74, 6) is 0.816. The highest BCUT2D eigenvalue weighted by Gasteiger charge is 2.53. The first-order valence-electron chi connectivity index (χ1n) is 9.47. The van der Waals surface area contributed by atoms with E-state index in [0.29, 0.717) is 25.4 Å². The number of benzene rings is 1. The molecule has 2 heterocycles. The van der Waals surface area contributed by atoms with E-state index >= 15 is 0 Å². The number of amides is 2. The summed E-state index contributed by atoms with van der Waals surface area (Å²) in [5, 5.41) is 2.86. The maximum atomic E-state index is 12.7. The van der Waals surface area contributed by atoms with Crippen molar-refractivity contribution in [2.75, 3.05) is 38.7 Å². The molecule has 1 saturated carbocycles. The molecule has 2 amide bonds. The van der Waals surface area contributed by atoms with Gasteiger partial charge >= 0.3 is 6.09 Å². The van der Waals surface area contributed by atoms with Crippen molar-refractivity contribution in [3.05, 3.63) is 29.8 Å². The third kappa shape index (κ3) is 3.13. The van der Waals surface area contributed by atoms with Crippen LogP contribution in [0, 0.1) is 5.92 Å². The summed E-state index contributed by atoms with van der Waals surface area (Å²) in [6.45, 7) is 2.05. The lowest BCUT2D eigenvalue weighted by Crippen LogP contribution is -2.58. The summed E-state index contributed by atoms with van der Waals surface area (Å²) in [6, 6.07) is 8.77. The minimum absolute atomic E-state index is 0.0351. The van der Waals surface area contributed by atoms with E-state index in [4.69, 9.17) is 4.74 Å². The number of anilines is 1. The van der Waals surface area contributed by atoms with Gasteiger partial charge in [0.05, 0.1) is 5.54 Å². The molecule has 1 aliphatic carbocycles. The van der Waals surface area contributed by atoms with Gasteiger partial charge in [0.25, 0.3) is 0 Å².